The molecule has 0 aliphatic heterocycles. The third-order valence-electron chi connectivity index (χ3n) is 4.76. The highest BCUT2D eigenvalue weighted by molar-refractivity contribution is 5.88. The van der Waals surface area contributed by atoms with Crippen LogP contribution < -0.4 is 5.32 Å². The lowest BCUT2D eigenvalue weighted by Gasteiger charge is -2.36. The molecule has 2 heteroatoms. The van der Waals surface area contributed by atoms with Crippen LogP contribution in [0.1, 0.15) is 43.2 Å². The summed E-state index contributed by atoms with van der Waals surface area (Å²) in [6.07, 6.45) is 5.41. The van der Waals surface area contributed by atoms with Crippen LogP contribution in [0.4, 0.5) is 0 Å². The highest BCUT2D eigenvalue weighted by atomic mass is 16.2. The quantitative estimate of drug-likeness (QED) is 0.899. The van der Waals surface area contributed by atoms with Gasteiger partial charge in [0, 0.05) is 6.54 Å². The van der Waals surface area contributed by atoms with Crippen molar-refractivity contribution >= 4 is 5.91 Å². The van der Waals surface area contributed by atoms with Crippen LogP contribution in [-0.4, -0.2) is 5.91 Å². The van der Waals surface area contributed by atoms with E-state index in [1.165, 1.54) is 12.0 Å². The minimum Gasteiger partial charge on any atom is -0.351 e. The second kappa shape index (κ2) is 6.78. The first-order chi connectivity index (χ1) is 10.8. The fraction of sp³-hybridized carbons (Fsp3) is 0.350. The molecule has 0 aromatic heterocycles. The number of rotatable bonds is 4. The molecule has 2 aromatic rings. The summed E-state index contributed by atoms with van der Waals surface area (Å²) in [6.45, 7) is 0.605. The molecule has 0 atom stereocenters. The van der Waals surface area contributed by atoms with Gasteiger partial charge in [0.2, 0.25) is 5.91 Å². The number of carbonyl (C=O) groups excluding carboxylic acids is 1. The number of hydrogen-bond acceptors (Lipinski definition) is 1. The van der Waals surface area contributed by atoms with Crippen LogP contribution in [0.3, 0.4) is 0 Å². The van der Waals surface area contributed by atoms with E-state index in [2.05, 4.69) is 29.6 Å². The molecule has 1 saturated carbocycles. The maximum absolute atomic E-state index is 13.0. The molecule has 0 radical (unpaired) electrons. The molecule has 0 spiro atoms. The molecule has 0 heterocycles. The van der Waals surface area contributed by atoms with Crippen molar-refractivity contribution in [1.29, 1.82) is 0 Å². The van der Waals surface area contributed by atoms with Crippen molar-refractivity contribution in [3.63, 3.8) is 0 Å². The monoisotopic (exact) mass is 293 g/mol. The van der Waals surface area contributed by atoms with Gasteiger partial charge in [-0.1, -0.05) is 79.9 Å². The van der Waals surface area contributed by atoms with Gasteiger partial charge in [0.05, 0.1) is 5.41 Å². The van der Waals surface area contributed by atoms with E-state index in [0.717, 1.165) is 31.2 Å². The largest absolute Gasteiger partial charge is 0.351 e. The van der Waals surface area contributed by atoms with E-state index >= 15 is 0 Å². The average Bonchev–Trinajstić information content (AvgIpc) is 2.62. The van der Waals surface area contributed by atoms with Crippen LogP contribution in [0, 0.1) is 0 Å². The fourth-order valence-corrected chi connectivity index (χ4v) is 3.51. The molecule has 1 amide bonds. The van der Waals surface area contributed by atoms with Gasteiger partial charge in [0.1, 0.15) is 0 Å². The number of nitrogens with one attached hydrogen (secondary N) is 1. The maximum Gasteiger partial charge on any atom is 0.230 e. The molecule has 1 aliphatic carbocycles. The molecule has 0 unspecified atom stereocenters. The lowest BCUT2D eigenvalue weighted by atomic mass is 9.68. The Morgan fingerprint density at radius 1 is 0.864 bits per heavy atom. The van der Waals surface area contributed by atoms with E-state index in [4.69, 9.17) is 0 Å². The van der Waals surface area contributed by atoms with Crippen molar-refractivity contribution in [1.82, 2.24) is 5.32 Å². The van der Waals surface area contributed by atoms with Crippen molar-refractivity contribution in [3.05, 3.63) is 71.8 Å². The highest BCUT2D eigenvalue weighted by Gasteiger charge is 2.40. The Morgan fingerprint density at radius 2 is 1.45 bits per heavy atom. The first-order valence-electron chi connectivity index (χ1n) is 8.19. The number of carbonyl (C=O) groups is 1. The van der Waals surface area contributed by atoms with E-state index in [-0.39, 0.29) is 11.3 Å². The van der Waals surface area contributed by atoms with Gasteiger partial charge in [0.15, 0.2) is 0 Å². The van der Waals surface area contributed by atoms with Crippen LogP contribution in [0.25, 0.3) is 0 Å². The normalized spacial score (nSPS) is 16.9. The van der Waals surface area contributed by atoms with Crippen molar-refractivity contribution in [2.45, 2.75) is 44.1 Å². The fourth-order valence-electron chi connectivity index (χ4n) is 3.51. The lowest BCUT2D eigenvalue weighted by Crippen LogP contribution is -2.45. The van der Waals surface area contributed by atoms with Crippen LogP contribution in [0.15, 0.2) is 60.7 Å². The Morgan fingerprint density at radius 3 is 2.09 bits per heavy atom. The molecule has 0 saturated heterocycles. The second-order valence-corrected chi connectivity index (χ2v) is 6.18. The van der Waals surface area contributed by atoms with E-state index in [9.17, 15) is 4.79 Å². The molecule has 2 nitrogen and oxygen atoms in total. The Hall–Kier alpha value is -2.09. The van der Waals surface area contributed by atoms with Gasteiger partial charge in [0.25, 0.3) is 0 Å². The summed E-state index contributed by atoms with van der Waals surface area (Å²) in [6, 6.07) is 20.4. The molecule has 2 aromatic carbocycles. The summed E-state index contributed by atoms with van der Waals surface area (Å²) in [7, 11) is 0. The number of benzene rings is 2. The molecule has 1 aliphatic rings. The smallest absolute Gasteiger partial charge is 0.230 e. The zero-order valence-corrected chi connectivity index (χ0v) is 12.9. The Kier molecular flexibility index (Phi) is 4.57. The van der Waals surface area contributed by atoms with Crippen LogP contribution in [0.2, 0.25) is 0 Å². The maximum atomic E-state index is 13.0. The first-order valence-corrected chi connectivity index (χ1v) is 8.19. The SMILES string of the molecule is O=C(NCc1ccccc1)C1(c2ccccc2)CCCCC1. The Balaban J connectivity index is 1.79. The van der Waals surface area contributed by atoms with Crippen molar-refractivity contribution in [3.8, 4) is 0 Å². The van der Waals surface area contributed by atoms with Gasteiger partial charge in [-0.2, -0.15) is 0 Å². The molecule has 0 bridgehead atoms. The predicted molar refractivity (Wildman–Crippen MR) is 89.5 cm³/mol. The summed E-state index contributed by atoms with van der Waals surface area (Å²) in [5, 5.41) is 3.17. The van der Waals surface area contributed by atoms with Gasteiger partial charge in [-0.05, 0) is 24.0 Å². The summed E-state index contributed by atoms with van der Waals surface area (Å²) in [5.41, 5.74) is 1.98. The second-order valence-electron chi connectivity index (χ2n) is 6.18. The van der Waals surface area contributed by atoms with Gasteiger partial charge >= 0.3 is 0 Å². The minimum absolute atomic E-state index is 0.183. The van der Waals surface area contributed by atoms with Gasteiger partial charge in [-0.25, -0.2) is 0 Å². The summed E-state index contributed by atoms with van der Waals surface area (Å²) in [4.78, 5) is 13.0. The number of amides is 1. The zero-order valence-electron chi connectivity index (χ0n) is 12.9. The van der Waals surface area contributed by atoms with Gasteiger partial charge in [-0.3, -0.25) is 4.79 Å². The van der Waals surface area contributed by atoms with Gasteiger partial charge in [-0.15, -0.1) is 0 Å². The van der Waals surface area contributed by atoms with Crippen LogP contribution in [-0.2, 0) is 16.8 Å². The van der Waals surface area contributed by atoms with Crippen molar-refractivity contribution in [2.75, 3.05) is 0 Å². The van der Waals surface area contributed by atoms with E-state index < -0.39 is 0 Å². The van der Waals surface area contributed by atoms with Crippen LogP contribution >= 0.6 is 0 Å². The standard InChI is InChI=1S/C20H23NO/c22-19(21-16-17-10-4-1-5-11-17)20(14-8-3-9-15-20)18-12-6-2-7-13-18/h1-2,4-7,10-13H,3,8-9,14-16H2,(H,21,22). The van der Waals surface area contributed by atoms with E-state index in [0.29, 0.717) is 6.54 Å². The topological polar surface area (TPSA) is 29.1 Å². The van der Waals surface area contributed by atoms with Crippen molar-refractivity contribution < 1.29 is 4.79 Å². The summed E-state index contributed by atoms with van der Waals surface area (Å²) < 4.78 is 0. The summed E-state index contributed by atoms with van der Waals surface area (Å²) in [5.74, 6) is 0.183. The third kappa shape index (κ3) is 3.06. The number of hydrogen-bond donors (Lipinski definition) is 1. The Labute approximate surface area is 132 Å². The molecular weight excluding hydrogens is 270 g/mol. The molecule has 1 fully saturated rings. The summed E-state index contributed by atoms with van der Waals surface area (Å²) >= 11 is 0. The molecule has 22 heavy (non-hydrogen) atoms. The molecule has 3 rings (SSSR count). The first kappa shape index (κ1) is 14.8. The molecular formula is C20H23NO. The predicted octanol–water partition coefficient (Wildman–Crippen LogP) is 4.20. The highest BCUT2D eigenvalue weighted by Crippen LogP contribution is 2.39. The van der Waals surface area contributed by atoms with Crippen LogP contribution in [0.5, 0.6) is 0 Å². The zero-order chi connectivity index (χ0) is 15.3. The minimum atomic E-state index is -0.339. The average molecular weight is 293 g/mol. The van der Waals surface area contributed by atoms with Crippen molar-refractivity contribution in [2.24, 2.45) is 0 Å². The lowest BCUT2D eigenvalue weighted by molar-refractivity contribution is -0.128. The van der Waals surface area contributed by atoms with E-state index in [1.807, 2.05) is 36.4 Å². The molecule has 1 N–H and O–H groups in total. The van der Waals surface area contributed by atoms with Gasteiger partial charge < -0.3 is 5.32 Å². The Bertz CT molecular complexity index is 600. The van der Waals surface area contributed by atoms with E-state index in [1.54, 1.807) is 0 Å². The molecule has 114 valence electrons. The third-order valence-corrected chi connectivity index (χ3v) is 4.76.